The summed E-state index contributed by atoms with van der Waals surface area (Å²) >= 11 is 0. The number of nitrogens with zero attached hydrogens (tertiary/aromatic N) is 1. The van der Waals surface area contributed by atoms with Crippen LogP contribution in [0.4, 0.5) is 0 Å². The summed E-state index contributed by atoms with van der Waals surface area (Å²) in [4.78, 5) is 0. The van der Waals surface area contributed by atoms with Crippen molar-refractivity contribution in [3.8, 4) is 5.75 Å². The fourth-order valence-corrected chi connectivity index (χ4v) is 6.57. The number of hydrogen-bond donors (Lipinski definition) is 1. The molecule has 2 nitrogen and oxygen atoms in total. The molecule has 1 saturated heterocycles. The van der Waals surface area contributed by atoms with E-state index < -0.39 is 0 Å². The highest BCUT2D eigenvalue weighted by Gasteiger charge is 2.59. The number of piperidine rings is 1. The van der Waals surface area contributed by atoms with Crippen LogP contribution < -0.4 is 0 Å². The van der Waals surface area contributed by atoms with Crippen LogP contribution in [-0.2, 0) is 11.8 Å². The average Bonchev–Trinajstić information content (AvgIpc) is 3.35. The highest BCUT2D eigenvalue weighted by molar-refractivity contribution is 5.44. The summed E-state index contributed by atoms with van der Waals surface area (Å²) < 4.78 is 1.33. The van der Waals surface area contributed by atoms with Gasteiger partial charge in [0.1, 0.15) is 5.75 Å². The summed E-state index contributed by atoms with van der Waals surface area (Å²) in [5.41, 5.74) is 3.46. The van der Waals surface area contributed by atoms with E-state index in [1.54, 1.807) is 5.56 Å². The number of fused-ring (bicyclic) bond motifs is 1. The molecule has 1 heterocycles. The van der Waals surface area contributed by atoms with Gasteiger partial charge in [0.25, 0.3) is 0 Å². The Balaban J connectivity index is 1.62. The number of phenolic OH excluding ortho intramolecular Hbond substituents is 1. The second-order valence-electron chi connectivity index (χ2n) is 9.20. The molecule has 0 radical (unpaired) electrons. The van der Waals surface area contributed by atoms with E-state index in [1.807, 2.05) is 6.07 Å². The van der Waals surface area contributed by atoms with Gasteiger partial charge in [0.15, 0.2) is 0 Å². The zero-order valence-electron chi connectivity index (χ0n) is 14.4. The Labute approximate surface area is 140 Å². The molecule has 0 spiro atoms. The predicted octanol–water partition coefficient (Wildman–Crippen LogP) is 4.01. The molecule has 124 valence electrons. The molecule has 3 fully saturated rings. The first-order valence-corrected chi connectivity index (χ1v) is 9.77. The van der Waals surface area contributed by atoms with Gasteiger partial charge in [-0.15, -0.1) is 0 Å². The third-order valence-corrected chi connectivity index (χ3v) is 7.86. The molecule has 0 aromatic heterocycles. The van der Waals surface area contributed by atoms with Crippen LogP contribution in [0.15, 0.2) is 18.2 Å². The zero-order valence-corrected chi connectivity index (χ0v) is 14.4. The van der Waals surface area contributed by atoms with Gasteiger partial charge in [0, 0.05) is 30.1 Å². The number of hydrogen-bond acceptors (Lipinski definition) is 1. The van der Waals surface area contributed by atoms with Crippen molar-refractivity contribution in [3.63, 3.8) is 0 Å². The number of benzene rings is 1. The first-order chi connectivity index (χ1) is 11.1. The van der Waals surface area contributed by atoms with Gasteiger partial charge >= 0.3 is 0 Å². The highest BCUT2D eigenvalue weighted by Crippen LogP contribution is 2.58. The Morgan fingerprint density at radius 3 is 2.87 bits per heavy atom. The van der Waals surface area contributed by atoms with Gasteiger partial charge in [-0.05, 0) is 48.9 Å². The maximum absolute atomic E-state index is 10.1. The SMILES string of the molecule is C[N@+]1(CC2CC2)CC[C@@]23CCCC[C@H]2[C@@H]1Cc1ccc(O)cc13. The van der Waals surface area contributed by atoms with Crippen LogP contribution in [0, 0.1) is 11.8 Å². The van der Waals surface area contributed by atoms with Gasteiger partial charge in [-0.3, -0.25) is 0 Å². The first kappa shape index (κ1) is 14.3. The van der Waals surface area contributed by atoms with E-state index in [0.717, 1.165) is 17.9 Å². The molecule has 1 N–H and O–H groups in total. The fourth-order valence-electron chi connectivity index (χ4n) is 6.57. The van der Waals surface area contributed by atoms with Crippen molar-refractivity contribution in [1.29, 1.82) is 0 Å². The molecular weight excluding hydrogens is 282 g/mol. The smallest absolute Gasteiger partial charge is 0.115 e. The van der Waals surface area contributed by atoms with Crippen molar-refractivity contribution in [1.82, 2.24) is 0 Å². The molecule has 4 atom stereocenters. The van der Waals surface area contributed by atoms with E-state index in [1.165, 1.54) is 74.5 Å². The minimum atomic E-state index is 0.385. The molecule has 0 amide bonds. The molecule has 2 saturated carbocycles. The van der Waals surface area contributed by atoms with E-state index in [2.05, 4.69) is 19.2 Å². The second-order valence-corrected chi connectivity index (χ2v) is 9.20. The lowest BCUT2D eigenvalue weighted by Crippen LogP contribution is -2.68. The molecule has 2 heteroatoms. The lowest BCUT2D eigenvalue weighted by molar-refractivity contribution is -0.946. The number of likely N-dealkylation sites (N-methyl/N-ethyl adjacent to an activating group) is 1. The monoisotopic (exact) mass is 312 g/mol. The maximum atomic E-state index is 10.1. The molecular formula is C21H30NO+. The van der Waals surface area contributed by atoms with E-state index in [4.69, 9.17) is 0 Å². The number of aromatic hydroxyl groups is 1. The average molecular weight is 312 g/mol. The third kappa shape index (κ3) is 2.03. The number of quaternary nitrogens is 1. The summed E-state index contributed by atoms with van der Waals surface area (Å²) in [7, 11) is 2.56. The van der Waals surface area contributed by atoms with Crippen LogP contribution in [0.3, 0.4) is 0 Å². The van der Waals surface area contributed by atoms with Crippen LogP contribution in [0.5, 0.6) is 5.75 Å². The van der Waals surface area contributed by atoms with Crippen molar-refractivity contribution in [3.05, 3.63) is 29.3 Å². The van der Waals surface area contributed by atoms with E-state index in [0.29, 0.717) is 11.2 Å². The molecule has 4 aliphatic rings. The minimum Gasteiger partial charge on any atom is -0.508 e. The lowest BCUT2D eigenvalue weighted by Gasteiger charge is -2.61. The molecule has 3 aliphatic carbocycles. The summed E-state index contributed by atoms with van der Waals surface area (Å²) in [5, 5.41) is 10.1. The normalized spacial score (nSPS) is 42.0. The summed E-state index contributed by atoms with van der Waals surface area (Å²) in [6.07, 6.45) is 11.1. The lowest BCUT2D eigenvalue weighted by atomic mass is 9.52. The zero-order chi connectivity index (χ0) is 15.7. The van der Waals surface area contributed by atoms with E-state index in [9.17, 15) is 5.11 Å². The quantitative estimate of drug-likeness (QED) is 0.818. The van der Waals surface area contributed by atoms with Gasteiger partial charge in [0.2, 0.25) is 0 Å². The van der Waals surface area contributed by atoms with Crippen molar-refractivity contribution >= 4 is 0 Å². The van der Waals surface area contributed by atoms with Crippen molar-refractivity contribution in [2.75, 3.05) is 20.1 Å². The summed E-state index contributed by atoms with van der Waals surface area (Å²) in [6, 6.07) is 7.10. The third-order valence-electron chi connectivity index (χ3n) is 7.86. The molecule has 5 rings (SSSR count). The molecule has 1 aromatic rings. The highest BCUT2D eigenvalue weighted by atomic mass is 16.3. The topological polar surface area (TPSA) is 20.2 Å². The summed E-state index contributed by atoms with van der Waals surface area (Å²) in [5.74, 6) is 2.34. The van der Waals surface area contributed by atoms with Crippen molar-refractivity contribution in [2.24, 2.45) is 11.8 Å². The fraction of sp³-hybridized carbons (Fsp3) is 0.714. The minimum absolute atomic E-state index is 0.385. The molecule has 1 aromatic carbocycles. The first-order valence-electron chi connectivity index (χ1n) is 9.77. The Bertz CT molecular complexity index is 637. The van der Waals surface area contributed by atoms with Crippen LogP contribution in [0.1, 0.15) is 56.1 Å². The van der Waals surface area contributed by atoms with Gasteiger partial charge in [0.05, 0.1) is 26.2 Å². The largest absolute Gasteiger partial charge is 0.508 e. The summed E-state index contributed by atoms with van der Waals surface area (Å²) in [6.45, 7) is 2.78. The maximum Gasteiger partial charge on any atom is 0.115 e. The molecule has 2 bridgehead atoms. The molecule has 1 aliphatic heterocycles. The Kier molecular flexibility index (Phi) is 2.96. The number of likely N-dealkylation sites (tertiary alicyclic amines) is 1. The predicted molar refractivity (Wildman–Crippen MR) is 92.5 cm³/mol. The van der Waals surface area contributed by atoms with Gasteiger partial charge in [-0.2, -0.15) is 0 Å². The standard InChI is InChI=1S/C21H29NO/c1-22(14-15-5-6-15)11-10-21-9-3-2-4-18(21)20(22)12-16-7-8-17(23)13-19(16)21/h7-8,13,15,18,20H,2-6,9-12,14H2,1H3/p+1/t18-,20-,21-,22+/m0/s1. The Morgan fingerprint density at radius 2 is 2.04 bits per heavy atom. The second kappa shape index (κ2) is 4.75. The van der Waals surface area contributed by atoms with Crippen molar-refractivity contribution in [2.45, 2.75) is 62.8 Å². The number of phenols is 1. The van der Waals surface area contributed by atoms with Crippen LogP contribution in [0.2, 0.25) is 0 Å². The molecule has 0 unspecified atom stereocenters. The van der Waals surface area contributed by atoms with E-state index in [-0.39, 0.29) is 0 Å². The van der Waals surface area contributed by atoms with Gasteiger partial charge in [-0.25, -0.2) is 0 Å². The number of rotatable bonds is 2. The Morgan fingerprint density at radius 1 is 1.17 bits per heavy atom. The van der Waals surface area contributed by atoms with Crippen molar-refractivity contribution < 1.29 is 9.59 Å². The van der Waals surface area contributed by atoms with Crippen LogP contribution >= 0.6 is 0 Å². The molecule has 23 heavy (non-hydrogen) atoms. The van der Waals surface area contributed by atoms with Crippen LogP contribution in [0.25, 0.3) is 0 Å². The van der Waals surface area contributed by atoms with Crippen LogP contribution in [-0.4, -0.2) is 35.8 Å². The van der Waals surface area contributed by atoms with Gasteiger partial charge in [-0.1, -0.05) is 18.9 Å². The van der Waals surface area contributed by atoms with Gasteiger partial charge < -0.3 is 9.59 Å². The van der Waals surface area contributed by atoms with E-state index >= 15 is 0 Å². The Hall–Kier alpha value is -1.02.